The van der Waals surface area contributed by atoms with Gasteiger partial charge in [-0.25, -0.2) is 16.8 Å². The van der Waals surface area contributed by atoms with E-state index in [2.05, 4.69) is 5.32 Å². The molecule has 0 aromatic heterocycles. The molecule has 0 spiro atoms. The highest BCUT2D eigenvalue weighted by Crippen LogP contribution is 2.20. The number of nitrogens with one attached hydrogen (secondary N) is 1. The number of piperazine rings is 1. The van der Waals surface area contributed by atoms with Gasteiger partial charge < -0.3 is 5.32 Å². The number of sulfone groups is 1. The third-order valence-electron chi connectivity index (χ3n) is 4.16. The van der Waals surface area contributed by atoms with Crippen LogP contribution in [0.4, 0.5) is 14.5 Å². The molecule has 12 heteroatoms. The van der Waals surface area contributed by atoms with E-state index in [1.807, 2.05) is 0 Å². The average Bonchev–Trinajstić information content (AvgIpc) is 2.62. The van der Waals surface area contributed by atoms with Crippen LogP contribution in [0.5, 0.6) is 0 Å². The lowest BCUT2D eigenvalue weighted by Crippen LogP contribution is -2.50. The molecule has 1 aliphatic rings. The van der Waals surface area contributed by atoms with Crippen LogP contribution in [0, 0.1) is 0 Å². The van der Waals surface area contributed by atoms with Crippen LogP contribution in [0.15, 0.2) is 29.2 Å². The van der Waals surface area contributed by atoms with E-state index in [9.17, 15) is 30.4 Å². The molecule has 152 valence electrons. The summed E-state index contributed by atoms with van der Waals surface area (Å²) >= 11 is 0. The van der Waals surface area contributed by atoms with Crippen LogP contribution >= 0.6 is 0 Å². The number of alkyl halides is 2. The van der Waals surface area contributed by atoms with Gasteiger partial charge in [0.05, 0.1) is 17.2 Å². The second-order valence-electron chi connectivity index (χ2n) is 5.95. The Morgan fingerprint density at radius 1 is 1.07 bits per heavy atom. The van der Waals surface area contributed by atoms with Gasteiger partial charge >= 0.3 is 5.76 Å². The van der Waals surface area contributed by atoms with E-state index in [-0.39, 0.29) is 23.9 Å². The predicted molar refractivity (Wildman–Crippen MR) is 95.7 cm³/mol. The van der Waals surface area contributed by atoms with Crippen molar-refractivity contribution in [2.24, 2.45) is 0 Å². The van der Waals surface area contributed by atoms with Crippen molar-refractivity contribution in [3.8, 4) is 0 Å². The minimum Gasteiger partial charge on any atom is -0.325 e. The maximum absolute atomic E-state index is 12.5. The number of sulfonamides is 1. The zero-order valence-corrected chi connectivity index (χ0v) is 16.3. The van der Waals surface area contributed by atoms with Crippen molar-refractivity contribution >= 4 is 31.5 Å². The lowest BCUT2D eigenvalue weighted by atomic mass is 10.3. The first-order valence-electron chi connectivity index (χ1n) is 8.18. The van der Waals surface area contributed by atoms with E-state index >= 15 is 0 Å². The summed E-state index contributed by atoms with van der Waals surface area (Å²) in [4.78, 5) is 13.4. The van der Waals surface area contributed by atoms with Gasteiger partial charge in [-0.15, -0.1) is 0 Å². The SMILES string of the molecule is CCS(=O)(=O)N1CCN(CC(=O)Nc2ccc(S(=O)(=O)C(F)F)cc2)CC1. The first kappa shape index (κ1) is 21.7. The number of amides is 1. The van der Waals surface area contributed by atoms with E-state index in [0.29, 0.717) is 26.2 Å². The molecule has 8 nitrogen and oxygen atoms in total. The second kappa shape index (κ2) is 8.59. The van der Waals surface area contributed by atoms with E-state index in [4.69, 9.17) is 0 Å². The number of hydrogen-bond donors (Lipinski definition) is 1. The molecular weight excluding hydrogens is 404 g/mol. The van der Waals surface area contributed by atoms with Crippen LogP contribution in [0.2, 0.25) is 0 Å². The van der Waals surface area contributed by atoms with Crippen molar-refractivity contribution in [2.75, 3.05) is 43.8 Å². The summed E-state index contributed by atoms with van der Waals surface area (Å²) in [5, 5.41) is 2.55. The third-order valence-corrected chi connectivity index (χ3v) is 7.44. The van der Waals surface area contributed by atoms with Crippen molar-refractivity contribution < 1.29 is 30.4 Å². The lowest BCUT2D eigenvalue weighted by molar-refractivity contribution is -0.117. The molecule has 1 N–H and O–H groups in total. The Hall–Kier alpha value is -1.63. The van der Waals surface area contributed by atoms with Crippen molar-refractivity contribution in [3.05, 3.63) is 24.3 Å². The topological polar surface area (TPSA) is 104 Å². The highest BCUT2D eigenvalue weighted by molar-refractivity contribution is 7.91. The zero-order chi connectivity index (χ0) is 20.2. The number of nitrogens with zero attached hydrogens (tertiary/aromatic N) is 2. The summed E-state index contributed by atoms with van der Waals surface area (Å²) in [5.41, 5.74) is 0.278. The molecule has 1 amide bonds. The van der Waals surface area contributed by atoms with E-state index in [1.54, 1.807) is 11.8 Å². The first-order valence-corrected chi connectivity index (χ1v) is 11.3. The first-order chi connectivity index (χ1) is 12.6. The average molecular weight is 425 g/mol. The largest absolute Gasteiger partial charge is 0.341 e. The number of anilines is 1. The van der Waals surface area contributed by atoms with Gasteiger partial charge in [0.25, 0.3) is 0 Å². The Morgan fingerprint density at radius 2 is 1.63 bits per heavy atom. The van der Waals surface area contributed by atoms with Gasteiger partial charge in [0, 0.05) is 31.9 Å². The molecule has 1 fully saturated rings. The monoisotopic (exact) mass is 425 g/mol. The molecule has 1 aliphatic heterocycles. The number of benzene rings is 1. The molecular formula is C15H21F2N3O5S2. The van der Waals surface area contributed by atoms with Gasteiger partial charge in [-0.1, -0.05) is 0 Å². The summed E-state index contributed by atoms with van der Waals surface area (Å²) < 4.78 is 72.7. The number of hydrogen-bond acceptors (Lipinski definition) is 6. The number of rotatable bonds is 7. The molecule has 2 rings (SSSR count). The Labute approximate surface area is 157 Å². The standard InChI is InChI=1S/C15H21F2N3O5S2/c1-2-26(22,23)20-9-7-19(8-10-20)11-14(21)18-12-3-5-13(6-4-12)27(24,25)15(16)17/h3-6,15H,2,7-11H2,1H3,(H,18,21). The Morgan fingerprint density at radius 3 is 2.11 bits per heavy atom. The Balaban J connectivity index is 1.88. The smallest absolute Gasteiger partial charge is 0.325 e. The van der Waals surface area contributed by atoms with E-state index < -0.39 is 30.5 Å². The number of halogens is 2. The molecule has 1 aromatic rings. The molecule has 1 saturated heterocycles. The van der Waals surface area contributed by atoms with Crippen LogP contribution in [0.25, 0.3) is 0 Å². The van der Waals surface area contributed by atoms with Gasteiger partial charge in [-0.05, 0) is 31.2 Å². The summed E-state index contributed by atoms with van der Waals surface area (Å²) in [6, 6.07) is 4.48. The highest BCUT2D eigenvalue weighted by atomic mass is 32.2. The number of carbonyl (C=O) groups excluding carboxylic acids is 1. The minimum atomic E-state index is -4.67. The molecule has 0 unspecified atom stereocenters. The fourth-order valence-corrected chi connectivity index (χ4v) is 4.39. The fraction of sp³-hybridized carbons (Fsp3) is 0.533. The van der Waals surface area contributed by atoms with Gasteiger partial charge in [0.15, 0.2) is 0 Å². The summed E-state index contributed by atoms with van der Waals surface area (Å²) in [7, 11) is -7.91. The fourth-order valence-electron chi connectivity index (χ4n) is 2.58. The molecule has 0 saturated carbocycles. The van der Waals surface area contributed by atoms with Crippen LogP contribution in [-0.2, 0) is 24.7 Å². The van der Waals surface area contributed by atoms with Gasteiger partial charge in [0.1, 0.15) is 0 Å². The molecule has 0 radical (unpaired) electrons. The minimum absolute atomic E-state index is 0.0325. The van der Waals surface area contributed by atoms with Crippen LogP contribution < -0.4 is 5.32 Å². The second-order valence-corrected chi connectivity index (χ2v) is 10.1. The van der Waals surface area contributed by atoms with Crippen molar-refractivity contribution in [1.29, 1.82) is 0 Å². The third kappa shape index (κ3) is 5.43. The predicted octanol–water partition coefficient (Wildman–Crippen LogP) is 0.589. The quantitative estimate of drug-likeness (QED) is 0.686. The zero-order valence-electron chi connectivity index (χ0n) is 14.6. The normalized spacial score (nSPS) is 17.2. The van der Waals surface area contributed by atoms with Crippen molar-refractivity contribution in [1.82, 2.24) is 9.21 Å². The lowest BCUT2D eigenvalue weighted by Gasteiger charge is -2.33. The van der Waals surface area contributed by atoms with Gasteiger partial charge in [0.2, 0.25) is 25.8 Å². The maximum Gasteiger partial charge on any atom is 0.341 e. The summed E-state index contributed by atoms with van der Waals surface area (Å²) in [6.07, 6.45) is 0. The molecule has 0 aliphatic carbocycles. The van der Waals surface area contributed by atoms with E-state index in [1.165, 1.54) is 16.4 Å². The molecule has 1 aromatic carbocycles. The van der Waals surface area contributed by atoms with E-state index in [0.717, 1.165) is 12.1 Å². The number of carbonyl (C=O) groups is 1. The van der Waals surface area contributed by atoms with Crippen molar-refractivity contribution in [3.63, 3.8) is 0 Å². The summed E-state index contributed by atoms with van der Waals surface area (Å²) in [6.45, 7) is 3.06. The Bertz CT molecular complexity index is 865. The van der Waals surface area contributed by atoms with Crippen LogP contribution in [0.3, 0.4) is 0 Å². The molecule has 0 atom stereocenters. The Kier molecular flexibility index (Phi) is 6.89. The highest BCUT2D eigenvalue weighted by Gasteiger charge is 2.27. The van der Waals surface area contributed by atoms with Crippen LogP contribution in [-0.4, -0.2) is 76.2 Å². The summed E-state index contributed by atoms with van der Waals surface area (Å²) in [5.74, 6) is -3.84. The molecule has 0 bridgehead atoms. The van der Waals surface area contributed by atoms with Gasteiger partial charge in [-0.2, -0.15) is 13.1 Å². The molecule has 27 heavy (non-hydrogen) atoms. The van der Waals surface area contributed by atoms with Crippen LogP contribution in [0.1, 0.15) is 6.92 Å². The van der Waals surface area contributed by atoms with Crippen molar-refractivity contribution in [2.45, 2.75) is 17.6 Å². The maximum atomic E-state index is 12.5. The van der Waals surface area contributed by atoms with Gasteiger partial charge in [-0.3, -0.25) is 9.69 Å². The molecule has 1 heterocycles.